The number of anilines is 2. The number of nitrogens with one attached hydrogen (secondary N) is 1. The van der Waals surface area contributed by atoms with Crippen LogP contribution in [0, 0.1) is 6.92 Å². The first kappa shape index (κ1) is 13.4. The lowest BCUT2D eigenvalue weighted by molar-refractivity contribution is 0.600. The topological polar surface area (TPSA) is 90.0 Å². The van der Waals surface area contributed by atoms with Crippen molar-refractivity contribution in [2.75, 3.05) is 10.5 Å². The molecule has 2 heterocycles. The highest BCUT2D eigenvalue weighted by Crippen LogP contribution is 2.31. The van der Waals surface area contributed by atoms with Gasteiger partial charge in [0.05, 0.1) is 15.7 Å². The number of hydrogen-bond donors (Lipinski definition) is 2. The summed E-state index contributed by atoms with van der Waals surface area (Å²) >= 11 is 4.63. The first-order valence-electron chi connectivity index (χ1n) is 4.87. The van der Waals surface area contributed by atoms with Gasteiger partial charge in [-0.2, -0.15) is 5.10 Å². The van der Waals surface area contributed by atoms with E-state index in [2.05, 4.69) is 25.8 Å². The number of sulfonamides is 1. The van der Waals surface area contributed by atoms with Crippen LogP contribution in [0.25, 0.3) is 0 Å². The van der Waals surface area contributed by atoms with Crippen molar-refractivity contribution in [1.82, 2.24) is 9.78 Å². The summed E-state index contributed by atoms with van der Waals surface area (Å²) in [6, 6.07) is 1.56. The Hall–Kier alpha value is -1.06. The van der Waals surface area contributed by atoms with Gasteiger partial charge in [0.1, 0.15) is 4.90 Å². The number of aryl methyl sites for hydroxylation is 2. The van der Waals surface area contributed by atoms with E-state index < -0.39 is 10.0 Å². The SMILES string of the molecule is Cc1sc(Br)cc1S(=O)(=O)Nc1c(N)cnn1C. The minimum atomic E-state index is -3.65. The van der Waals surface area contributed by atoms with E-state index in [0.29, 0.717) is 4.88 Å². The summed E-state index contributed by atoms with van der Waals surface area (Å²) < 4.78 is 29.0. The molecule has 0 saturated heterocycles. The van der Waals surface area contributed by atoms with E-state index in [1.807, 2.05) is 0 Å². The molecule has 0 saturated carbocycles. The van der Waals surface area contributed by atoms with E-state index in [9.17, 15) is 8.42 Å². The third-order valence-corrected chi connectivity index (χ3v) is 5.48. The van der Waals surface area contributed by atoms with Crippen molar-refractivity contribution in [3.05, 3.63) is 20.9 Å². The lowest BCUT2D eigenvalue weighted by atomic mass is 10.5. The van der Waals surface area contributed by atoms with Crippen LogP contribution in [0.4, 0.5) is 11.5 Å². The number of aromatic nitrogens is 2. The fraction of sp³-hybridized carbons (Fsp3) is 0.222. The fourth-order valence-electron chi connectivity index (χ4n) is 1.46. The summed E-state index contributed by atoms with van der Waals surface area (Å²) in [6.45, 7) is 1.75. The normalized spacial score (nSPS) is 11.7. The van der Waals surface area contributed by atoms with Crippen molar-refractivity contribution < 1.29 is 8.42 Å². The number of nitrogens with zero attached hydrogens (tertiary/aromatic N) is 2. The molecule has 0 amide bonds. The molecule has 2 aromatic rings. The maximum absolute atomic E-state index is 12.2. The van der Waals surface area contributed by atoms with Crippen molar-refractivity contribution >= 4 is 48.8 Å². The standard InChI is InChI=1S/C9H11BrN4O2S2/c1-5-7(3-8(10)17-5)18(15,16)13-9-6(11)4-12-14(9)2/h3-4,13H,11H2,1-2H3. The zero-order valence-electron chi connectivity index (χ0n) is 9.64. The third-order valence-electron chi connectivity index (χ3n) is 2.33. The molecule has 0 aliphatic rings. The summed E-state index contributed by atoms with van der Waals surface area (Å²) in [6.07, 6.45) is 1.40. The van der Waals surface area contributed by atoms with Gasteiger partial charge in [-0.05, 0) is 28.9 Å². The number of halogens is 1. The van der Waals surface area contributed by atoms with E-state index in [1.54, 1.807) is 20.0 Å². The molecule has 0 aromatic carbocycles. The highest BCUT2D eigenvalue weighted by atomic mass is 79.9. The molecule has 18 heavy (non-hydrogen) atoms. The van der Waals surface area contributed by atoms with Crippen LogP contribution in [-0.2, 0) is 17.1 Å². The molecule has 3 N–H and O–H groups in total. The smallest absolute Gasteiger partial charge is 0.264 e. The number of nitrogen functional groups attached to an aromatic ring is 1. The van der Waals surface area contributed by atoms with Crippen molar-refractivity contribution in [2.24, 2.45) is 7.05 Å². The molecular formula is C9H11BrN4O2S2. The van der Waals surface area contributed by atoms with Crippen LogP contribution >= 0.6 is 27.3 Å². The van der Waals surface area contributed by atoms with Crippen molar-refractivity contribution in [1.29, 1.82) is 0 Å². The second-order valence-electron chi connectivity index (χ2n) is 3.65. The molecule has 0 radical (unpaired) electrons. The second-order valence-corrected chi connectivity index (χ2v) is 7.93. The van der Waals surface area contributed by atoms with Crippen molar-refractivity contribution in [2.45, 2.75) is 11.8 Å². The maximum atomic E-state index is 12.2. The van der Waals surface area contributed by atoms with Crippen LogP contribution < -0.4 is 10.5 Å². The van der Waals surface area contributed by atoms with E-state index in [1.165, 1.54) is 22.2 Å². The molecular weight excluding hydrogens is 340 g/mol. The molecule has 0 unspecified atom stereocenters. The second kappa shape index (κ2) is 4.56. The van der Waals surface area contributed by atoms with Crippen LogP contribution in [-0.4, -0.2) is 18.2 Å². The Morgan fingerprint density at radius 3 is 2.67 bits per heavy atom. The molecule has 6 nitrogen and oxygen atoms in total. The lowest BCUT2D eigenvalue weighted by Crippen LogP contribution is -2.16. The molecule has 2 aromatic heterocycles. The van der Waals surface area contributed by atoms with Crippen LogP contribution in [0.2, 0.25) is 0 Å². The maximum Gasteiger partial charge on any atom is 0.264 e. The summed E-state index contributed by atoms with van der Waals surface area (Å²) in [5.74, 6) is 0.261. The molecule has 0 atom stereocenters. The van der Waals surface area contributed by atoms with Gasteiger partial charge in [-0.15, -0.1) is 11.3 Å². The number of thiophene rings is 1. The van der Waals surface area contributed by atoms with Gasteiger partial charge in [0.2, 0.25) is 0 Å². The van der Waals surface area contributed by atoms with Gasteiger partial charge in [-0.3, -0.25) is 9.40 Å². The molecule has 98 valence electrons. The van der Waals surface area contributed by atoms with Crippen LogP contribution in [0.1, 0.15) is 4.88 Å². The summed E-state index contributed by atoms with van der Waals surface area (Å²) in [5, 5.41) is 3.88. The van der Waals surface area contributed by atoms with Crippen LogP contribution in [0.5, 0.6) is 0 Å². The fourth-order valence-corrected chi connectivity index (χ4v) is 4.99. The average molecular weight is 351 g/mol. The molecule has 2 rings (SSSR count). The zero-order chi connectivity index (χ0) is 13.5. The van der Waals surface area contributed by atoms with E-state index >= 15 is 0 Å². The van der Waals surface area contributed by atoms with Gasteiger partial charge in [-0.1, -0.05) is 0 Å². The Morgan fingerprint density at radius 1 is 1.56 bits per heavy atom. The Kier molecular flexibility index (Phi) is 3.39. The Morgan fingerprint density at radius 2 is 2.22 bits per heavy atom. The van der Waals surface area contributed by atoms with Crippen molar-refractivity contribution in [3.63, 3.8) is 0 Å². The van der Waals surface area contributed by atoms with E-state index in [-0.39, 0.29) is 16.4 Å². The highest BCUT2D eigenvalue weighted by Gasteiger charge is 2.22. The Bertz CT molecular complexity index is 670. The highest BCUT2D eigenvalue weighted by molar-refractivity contribution is 9.11. The quantitative estimate of drug-likeness (QED) is 0.884. The molecule has 0 bridgehead atoms. The zero-order valence-corrected chi connectivity index (χ0v) is 12.9. The lowest BCUT2D eigenvalue weighted by Gasteiger charge is -2.08. The first-order chi connectivity index (χ1) is 8.31. The first-order valence-corrected chi connectivity index (χ1v) is 7.97. The molecule has 0 aliphatic carbocycles. The van der Waals surface area contributed by atoms with Crippen LogP contribution in [0.3, 0.4) is 0 Å². The summed E-state index contributed by atoms with van der Waals surface area (Å²) in [4.78, 5) is 0.940. The van der Waals surface area contributed by atoms with Gasteiger partial charge in [0.15, 0.2) is 5.82 Å². The molecule has 0 fully saturated rings. The summed E-state index contributed by atoms with van der Waals surface area (Å²) in [5.41, 5.74) is 5.94. The average Bonchev–Trinajstić information content (AvgIpc) is 2.75. The van der Waals surface area contributed by atoms with Gasteiger partial charge in [-0.25, -0.2) is 8.42 Å². The van der Waals surface area contributed by atoms with Gasteiger partial charge >= 0.3 is 0 Å². The van der Waals surface area contributed by atoms with Gasteiger partial charge in [0.25, 0.3) is 10.0 Å². The minimum Gasteiger partial charge on any atom is -0.394 e. The third kappa shape index (κ3) is 2.38. The molecule has 0 aliphatic heterocycles. The largest absolute Gasteiger partial charge is 0.394 e. The Labute approximate surface area is 117 Å². The van der Waals surface area contributed by atoms with E-state index in [0.717, 1.165) is 3.79 Å². The number of nitrogens with two attached hydrogens (primary N) is 1. The van der Waals surface area contributed by atoms with Gasteiger partial charge in [0, 0.05) is 11.9 Å². The summed E-state index contributed by atoms with van der Waals surface area (Å²) in [7, 11) is -2.03. The molecule has 0 spiro atoms. The number of hydrogen-bond acceptors (Lipinski definition) is 5. The van der Waals surface area contributed by atoms with Crippen LogP contribution in [0.15, 0.2) is 20.9 Å². The predicted octanol–water partition coefficient (Wildman–Crippen LogP) is 1.94. The monoisotopic (exact) mass is 350 g/mol. The van der Waals surface area contributed by atoms with E-state index in [4.69, 9.17) is 5.73 Å². The Balaban J connectivity index is 2.42. The number of rotatable bonds is 3. The minimum absolute atomic E-state index is 0.236. The van der Waals surface area contributed by atoms with Gasteiger partial charge < -0.3 is 5.73 Å². The predicted molar refractivity (Wildman–Crippen MR) is 75.2 cm³/mol. The molecule has 9 heteroatoms. The van der Waals surface area contributed by atoms with Crippen molar-refractivity contribution in [3.8, 4) is 0 Å².